The number of nitrogens with one attached hydrogen (secondary N) is 1. The molecule has 82 valence electrons. The van der Waals surface area contributed by atoms with Gasteiger partial charge in [0.05, 0.1) is 6.61 Å². The van der Waals surface area contributed by atoms with Crippen molar-refractivity contribution in [3.63, 3.8) is 0 Å². The van der Waals surface area contributed by atoms with Crippen LogP contribution < -0.4 is 5.32 Å². The fourth-order valence-electron chi connectivity index (χ4n) is 0.877. The van der Waals surface area contributed by atoms with E-state index in [0.717, 1.165) is 6.42 Å². The van der Waals surface area contributed by atoms with E-state index in [0.29, 0.717) is 6.54 Å². The summed E-state index contributed by atoms with van der Waals surface area (Å²) in [5, 5.41) is 20.3. The summed E-state index contributed by atoms with van der Waals surface area (Å²) in [6, 6.07) is -0.783. The third-order valence-electron chi connectivity index (χ3n) is 1.54. The molecular formula is C7H14N2O5. The summed E-state index contributed by atoms with van der Waals surface area (Å²) in [7, 11) is 0. The Morgan fingerprint density at radius 2 is 2.36 bits per heavy atom. The lowest BCUT2D eigenvalue weighted by Gasteiger charge is -2.12. The molecule has 0 heterocycles. The van der Waals surface area contributed by atoms with Gasteiger partial charge in [0.1, 0.15) is 6.04 Å². The summed E-state index contributed by atoms with van der Waals surface area (Å²) in [4.78, 5) is 24.4. The lowest BCUT2D eigenvalue weighted by Crippen LogP contribution is -2.38. The largest absolute Gasteiger partial charge is 0.480 e. The fourth-order valence-corrected chi connectivity index (χ4v) is 0.877. The molecule has 0 aromatic heterocycles. The Kier molecular flexibility index (Phi) is 6.38. The number of carboxylic acid groups (broad SMARTS) is 1. The van der Waals surface area contributed by atoms with Gasteiger partial charge in [0.15, 0.2) is 0 Å². The van der Waals surface area contributed by atoms with Crippen LogP contribution in [0.1, 0.15) is 19.8 Å². The Morgan fingerprint density at radius 1 is 1.71 bits per heavy atom. The van der Waals surface area contributed by atoms with Gasteiger partial charge < -0.3 is 15.3 Å². The first-order valence-electron chi connectivity index (χ1n) is 4.31. The van der Waals surface area contributed by atoms with Gasteiger partial charge in [0, 0.05) is 0 Å². The zero-order valence-corrected chi connectivity index (χ0v) is 7.93. The number of carbonyl (C=O) groups is 1. The van der Waals surface area contributed by atoms with E-state index < -0.39 is 17.1 Å². The normalized spacial score (nSPS) is 12.1. The monoisotopic (exact) mass is 206 g/mol. The highest BCUT2D eigenvalue weighted by Crippen LogP contribution is 1.94. The van der Waals surface area contributed by atoms with E-state index >= 15 is 0 Å². The second-order valence-corrected chi connectivity index (χ2v) is 2.69. The molecular weight excluding hydrogens is 192 g/mol. The van der Waals surface area contributed by atoms with Crippen LogP contribution in [0.25, 0.3) is 0 Å². The number of carboxylic acids is 1. The van der Waals surface area contributed by atoms with E-state index in [1.807, 2.05) is 6.92 Å². The minimum Gasteiger partial charge on any atom is -0.480 e. The quantitative estimate of drug-likeness (QED) is 0.429. The molecule has 0 aromatic carbocycles. The molecule has 0 saturated heterocycles. The van der Waals surface area contributed by atoms with Crippen molar-refractivity contribution in [2.45, 2.75) is 25.8 Å². The Bertz CT molecular complexity index is 197. The van der Waals surface area contributed by atoms with Gasteiger partial charge in [-0.05, 0) is 19.4 Å². The Morgan fingerprint density at radius 3 is 2.79 bits per heavy atom. The SMILES string of the molecule is CCCN[C@@H](CCO[N+](=O)[O-])C(=O)O. The number of aliphatic carboxylic acids is 1. The van der Waals surface area contributed by atoms with Crippen LogP contribution in [0.4, 0.5) is 0 Å². The van der Waals surface area contributed by atoms with Gasteiger partial charge in [-0.25, -0.2) is 0 Å². The molecule has 0 fully saturated rings. The maximum atomic E-state index is 10.6. The van der Waals surface area contributed by atoms with E-state index in [1.165, 1.54) is 0 Å². The van der Waals surface area contributed by atoms with Crippen LogP contribution in [0.2, 0.25) is 0 Å². The molecule has 0 aliphatic rings. The summed E-state index contributed by atoms with van der Waals surface area (Å²) in [6.07, 6.45) is 0.885. The molecule has 0 amide bonds. The first kappa shape index (κ1) is 12.6. The van der Waals surface area contributed by atoms with Gasteiger partial charge in [-0.3, -0.25) is 4.79 Å². The van der Waals surface area contributed by atoms with Crippen molar-refractivity contribution in [1.82, 2.24) is 5.32 Å². The lowest BCUT2D eigenvalue weighted by atomic mass is 10.2. The van der Waals surface area contributed by atoms with E-state index in [1.54, 1.807) is 0 Å². The molecule has 0 rings (SSSR count). The van der Waals surface area contributed by atoms with Gasteiger partial charge in [-0.1, -0.05) is 6.92 Å². The first-order chi connectivity index (χ1) is 6.57. The maximum Gasteiger partial charge on any atom is 0.320 e. The molecule has 7 heteroatoms. The van der Waals surface area contributed by atoms with E-state index in [2.05, 4.69) is 10.2 Å². The van der Waals surface area contributed by atoms with Crippen molar-refractivity contribution in [1.29, 1.82) is 0 Å². The molecule has 0 radical (unpaired) electrons. The summed E-state index contributed by atoms with van der Waals surface area (Å²) in [6.45, 7) is 2.26. The number of nitrogens with zero attached hydrogens (tertiary/aromatic N) is 1. The molecule has 0 bridgehead atoms. The molecule has 0 saturated carbocycles. The maximum absolute atomic E-state index is 10.6. The third kappa shape index (κ3) is 6.18. The first-order valence-corrected chi connectivity index (χ1v) is 4.31. The highest BCUT2D eigenvalue weighted by molar-refractivity contribution is 5.73. The predicted molar refractivity (Wildman–Crippen MR) is 47.3 cm³/mol. The number of hydrogen-bond donors (Lipinski definition) is 2. The number of hydrogen-bond acceptors (Lipinski definition) is 5. The molecule has 0 aliphatic heterocycles. The van der Waals surface area contributed by atoms with Crippen molar-refractivity contribution >= 4 is 5.97 Å². The van der Waals surface area contributed by atoms with E-state index in [4.69, 9.17) is 5.11 Å². The van der Waals surface area contributed by atoms with Crippen molar-refractivity contribution in [2.75, 3.05) is 13.2 Å². The van der Waals surface area contributed by atoms with Gasteiger partial charge in [-0.15, -0.1) is 10.1 Å². The summed E-state index contributed by atoms with van der Waals surface area (Å²) in [5.74, 6) is -1.02. The molecule has 1 atom stereocenters. The summed E-state index contributed by atoms with van der Waals surface area (Å²) in [5.41, 5.74) is 0. The molecule has 0 unspecified atom stereocenters. The molecule has 2 N–H and O–H groups in total. The fraction of sp³-hybridized carbons (Fsp3) is 0.857. The molecule has 0 aliphatic carbocycles. The Hall–Kier alpha value is -1.37. The van der Waals surface area contributed by atoms with Crippen LogP contribution in [-0.4, -0.2) is 35.4 Å². The Balaban J connectivity index is 3.73. The molecule has 7 nitrogen and oxygen atoms in total. The predicted octanol–water partition coefficient (Wildman–Crippen LogP) is 0.0376. The van der Waals surface area contributed by atoms with Crippen LogP contribution in [0.5, 0.6) is 0 Å². The van der Waals surface area contributed by atoms with Crippen molar-refractivity contribution in [3.8, 4) is 0 Å². The van der Waals surface area contributed by atoms with Gasteiger partial charge in [0.2, 0.25) is 0 Å². The molecule has 0 aromatic rings. The summed E-state index contributed by atoms with van der Waals surface area (Å²) >= 11 is 0. The van der Waals surface area contributed by atoms with Crippen molar-refractivity contribution in [2.24, 2.45) is 0 Å². The minimum absolute atomic E-state index is 0.0797. The van der Waals surface area contributed by atoms with Crippen molar-refractivity contribution in [3.05, 3.63) is 10.1 Å². The van der Waals surface area contributed by atoms with Crippen LogP contribution in [0, 0.1) is 10.1 Å². The van der Waals surface area contributed by atoms with Gasteiger partial charge in [0.25, 0.3) is 5.09 Å². The minimum atomic E-state index is -1.02. The second-order valence-electron chi connectivity index (χ2n) is 2.69. The Labute approximate surface area is 81.2 Å². The zero-order valence-electron chi connectivity index (χ0n) is 7.93. The van der Waals surface area contributed by atoms with Crippen LogP contribution in [-0.2, 0) is 9.63 Å². The smallest absolute Gasteiger partial charge is 0.320 e. The van der Waals surface area contributed by atoms with E-state index in [9.17, 15) is 14.9 Å². The number of rotatable bonds is 8. The third-order valence-corrected chi connectivity index (χ3v) is 1.54. The highest BCUT2D eigenvalue weighted by Gasteiger charge is 2.16. The average molecular weight is 206 g/mol. The van der Waals surface area contributed by atoms with E-state index in [-0.39, 0.29) is 13.0 Å². The molecule has 14 heavy (non-hydrogen) atoms. The van der Waals surface area contributed by atoms with Crippen LogP contribution >= 0.6 is 0 Å². The molecule has 0 spiro atoms. The standard InChI is InChI=1S/C7H14N2O5/c1-2-4-8-6(7(10)11)3-5-14-9(12)13/h6,8H,2-5H2,1H3,(H,10,11)/t6-/m0/s1. The lowest BCUT2D eigenvalue weighted by molar-refractivity contribution is -0.757. The highest BCUT2D eigenvalue weighted by atomic mass is 16.9. The average Bonchev–Trinajstić information content (AvgIpc) is 2.09. The second kappa shape index (κ2) is 7.07. The van der Waals surface area contributed by atoms with Crippen molar-refractivity contribution < 1.29 is 19.8 Å². The summed E-state index contributed by atoms with van der Waals surface area (Å²) < 4.78 is 0. The van der Waals surface area contributed by atoms with Gasteiger partial charge >= 0.3 is 5.97 Å². The topological polar surface area (TPSA) is 102 Å². The van der Waals surface area contributed by atoms with Crippen LogP contribution in [0.3, 0.4) is 0 Å². The zero-order chi connectivity index (χ0) is 11.0. The van der Waals surface area contributed by atoms with Crippen LogP contribution in [0.15, 0.2) is 0 Å². The van der Waals surface area contributed by atoms with Gasteiger partial charge in [-0.2, -0.15) is 0 Å².